The highest BCUT2D eigenvalue weighted by molar-refractivity contribution is 4.93. The molecule has 1 saturated carbocycles. The van der Waals surface area contributed by atoms with Crippen molar-refractivity contribution in [3.05, 3.63) is 0 Å². The van der Waals surface area contributed by atoms with Crippen LogP contribution in [0.5, 0.6) is 0 Å². The van der Waals surface area contributed by atoms with Crippen LogP contribution < -0.4 is 5.73 Å². The summed E-state index contributed by atoms with van der Waals surface area (Å²) in [5, 5.41) is 0. The first-order chi connectivity index (χ1) is 9.26. The molecule has 19 heavy (non-hydrogen) atoms. The van der Waals surface area contributed by atoms with E-state index in [0.717, 1.165) is 25.9 Å². The third kappa shape index (κ3) is 2.97. The van der Waals surface area contributed by atoms with Crippen LogP contribution in [-0.2, 0) is 14.2 Å². The van der Waals surface area contributed by atoms with Gasteiger partial charge in [-0.15, -0.1) is 0 Å². The molecular formula is C15H27NO3. The lowest BCUT2D eigenvalue weighted by atomic mass is 9.96. The maximum Gasteiger partial charge on any atom is 0.104 e. The van der Waals surface area contributed by atoms with E-state index in [1.54, 1.807) is 0 Å². The minimum Gasteiger partial charge on any atom is -0.378 e. The molecule has 0 amide bonds. The number of nitrogens with two attached hydrogens (primary N) is 1. The van der Waals surface area contributed by atoms with E-state index in [0.29, 0.717) is 19.8 Å². The Balaban J connectivity index is 1.49. The molecule has 0 aromatic rings. The first-order valence-corrected chi connectivity index (χ1v) is 7.86. The van der Waals surface area contributed by atoms with Crippen molar-refractivity contribution in [1.82, 2.24) is 0 Å². The van der Waals surface area contributed by atoms with Crippen molar-refractivity contribution < 1.29 is 14.2 Å². The highest BCUT2D eigenvalue weighted by Crippen LogP contribution is 2.43. The van der Waals surface area contributed by atoms with Crippen molar-refractivity contribution in [3.63, 3.8) is 0 Å². The SMILES string of the molecule is NCC1(OCC2CCC3(CCCC3)O2)CCCOC1. The predicted octanol–water partition coefficient (Wildman–Crippen LogP) is 2.00. The Kier molecular flexibility index (Phi) is 4.13. The van der Waals surface area contributed by atoms with Crippen molar-refractivity contribution in [1.29, 1.82) is 0 Å². The van der Waals surface area contributed by atoms with Gasteiger partial charge in [-0.1, -0.05) is 12.8 Å². The molecule has 110 valence electrons. The minimum atomic E-state index is -0.257. The van der Waals surface area contributed by atoms with Gasteiger partial charge in [0, 0.05) is 13.2 Å². The molecule has 1 aliphatic carbocycles. The summed E-state index contributed by atoms with van der Waals surface area (Å²) in [7, 11) is 0. The zero-order valence-electron chi connectivity index (χ0n) is 11.9. The monoisotopic (exact) mass is 269 g/mol. The second kappa shape index (κ2) is 5.68. The molecule has 2 N–H and O–H groups in total. The van der Waals surface area contributed by atoms with E-state index in [1.165, 1.54) is 32.1 Å². The lowest BCUT2D eigenvalue weighted by Gasteiger charge is -2.36. The molecule has 1 spiro atoms. The Morgan fingerprint density at radius 3 is 2.63 bits per heavy atom. The van der Waals surface area contributed by atoms with Gasteiger partial charge in [0.1, 0.15) is 5.60 Å². The molecule has 2 heterocycles. The Bertz CT molecular complexity index is 296. The van der Waals surface area contributed by atoms with E-state index < -0.39 is 0 Å². The van der Waals surface area contributed by atoms with Gasteiger partial charge in [-0.05, 0) is 38.5 Å². The molecular weight excluding hydrogens is 242 g/mol. The van der Waals surface area contributed by atoms with E-state index in [9.17, 15) is 0 Å². The van der Waals surface area contributed by atoms with Crippen LogP contribution in [0.3, 0.4) is 0 Å². The standard InChI is InChI=1S/C15H27NO3/c16-11-15(7-3-9-17-12-15)18-10-13-4-8-14(19-13)5-1-2-6-14/h13H,1-12,16H2. The van der Waals surface area contributed by atoms with Crippen LogP contribution in [0, 0.1) is 0 Å². The smallest absolute Gasteiger partial charge is 0.104 e. The first-order valence-electron chi connectivity index (χ1n) is 7.86. The van der Waals surface area contributed by atoms with Gasteiger partial charge in [0.15, 0.2) is 0 Å². The Labute approximate surface area is 116 Å². The Morgan fingerprint density at radius 1 is 1.11 bits per heavy atom. The van der Waals surface area contributed by atoms with Crippen molar-refractivity contribution in [2.24, 2.45) is 5.73 Å². The highest BCUT2D eigenvalue weighted by atomic mass is 16.6. The van der Waals surface area contributed by atoms with Crippen molar-refractivity contribution in [2.45, 2.75) is 68.7 Å². The summed E-state index contributed by atoms with van der Waals surface area (Å²) in [6.45, 7) is 2.71. The van der Waals surface area contributed by atoms with E-state index in [4.69, 9.17) is 19.9 Å². The second-order valence-electron chi connectivity index (χ2n) is 6.52. The maximum atomic E-state index is 6.28. The van der Waals surface area contributed by atoms with Crippen molar-refractivity contribution in [3.8, 4) is 0 Å². The largest absolute Gasteiger partial charge is 0.378 e. The number of hydrogen-bond donors (Lipinski definition) is 1. The van der Waals surface area contributed by atoms with Gasteiger partial charge < -0.3 is 19.9 Å². The molecule has 3 aliphatic rings. The average Bonchev–Trinajstić information content (AvgIpc) is 3.08. The van der Waals surface area contributed by atoms with Crippen LogP contribution >= 0.6 is 0 Å². The molecule has 4 heteroatoms. The fraction of sp³-hybridized carbons (Fsp3) is 1.00. The molecule has 2 atom stereocenters. The fourth-order valence-electron chi connectivity index (χ4n) is 3.83. The van der Waals surface area contributed by atoms with Crippen molar-refractivity contribution in [2.75, 3.05) is 26.4 Å². The number of ether oxygens (including phenoxy) is 3. The fourth-order valence-corrected chi connectivity index (χ4v) is 3.83. The summed E-state index contributed by atoms with van der Waals surface area (Å²) < 4.78 is 18.0. The molecule has 3 fully saturated rings. The van der Waals surface area contributed by atoms with Crippen LogP contribution in [0.1, 0.15) is 51.4 Å². The van der Waals surface area contributed by atoms with Gasteiger partial charge in [0.2, 0.25) is 0 Å². The summed E-state index contributed by atoms with van der Waals surface area (Å²) in [6.07, 6.45) is 9.83. The molecule has 0 bridgehead atoms. The van der Waals surface area contributed by atoms with Crippen LogP contribution in [0.25, 0.3) is 0 Å². The summed E-state index contributed by atoms with van der Waals surface area (Å²) in [4.78, 5) is 0. The molecule has 4 nitrogen and oxygen atoms in total. The minimum absolute atomic E-state index is 0.201. The molecule has 2 aliphatic heterocycles. The maximum absolute atomic E-state index is 6.28. The molecule has 0 aromatic carbocycles. The summed E-state index contributed by atoms with van der Waals surface area (Å²) in [5.74, 6) is 0. The van der Waals surface area contributed by atoms with Gasteiger partial charge in [-0.3, -0.25) is 0 Å². The molecule has 2 saturated heterocycles. The van der Waals surface area contributed by atoms with E-state index in [2.05, 4.69) is 0 Å². The third-order valence-corrected chi connectivity index (χ3v) is 5.09. The Hall–Kier alpha value is -0.160. The zero-order valence-corrected chi connectivity index (χ0v) is 11.9. The molecule has 0 aromatic heterocycles. The van der Waals surface area contributed by atoms with Gasteiger partial charge in [0.25, 0.3) is 0 Å². The van der Waals surface area contributed by atoms with Crippen LogP contribution in [-0.4, -0.2) is 43.7 Å². The number of hydrogen-bond acceptors (Lipinski definition) is 4. The van der Waals surface area contributed by atoms with Gasteiger partial charge in [-0.25, -0.2) is 0 Å². The highest BCUT2D eigenvalue weighted by Gasteiger charge is 2.43. The van der Waals surface area contributed by atoms with E-state index in [-0.39, 0.29) is 17.3 Å². The number of rotatable bonds is 4. The van der Waals surface area contributed by atoms with Crippen LogP contribution in [0.15, 0.2) is 0 Å². The molecule has 0 radical (unpaired) electrons. The molecule has 2 unspecified atom stereocenters. The van der Waals surface area contributed by atoms with Crippen molar-refractivity contribution >= 4 is 0 Å². The van der Waals surface area contributed by atoms with Crippen LogP contribution in [0.2, 0.25) is 0 Å². The third-order valence-electron chi connectivity index (χ3n) is 5.09. The predicted molar refractivity (Wildman–Crippen MR) is 73.1 cm³/mol. The van der Waals surface area contributed by atoms with Crippen LogP contribution in [0.4, 0.5) is 0 Å². The summed E-state index contributed by atoms with van der Waals surface area (Å²) >= 11 is 0. The summed E-state index contributed by atoms with van der Waals surface area (Å²) in [5.41, 5.74) is 5.84. The lowest BCUT2D eigenvalue weighted by molar-refractivity contribution is -0.153. The quantitative estimate of drug-likeness (QED) is 0.848. The Morgan fingerprint density at radius 2 is 1.95 bits per heavy atom. The second-order valence-corrected chi connectivity index (χ2v) is 6.52. The van der Waals surface area contributed by atoms with E-state index >= 15 is 0 Å². The lowest BCUT2D eigenvalue weighted by Crippen LogP contribution is -2.49. The molecule has 3 rings (SSSR count). The van der Waals surface area contributed by atoms with Gasteiger partial charge in [-0.2, -0.15) is 0 Å². The van der Waals surface area contributed by atoms with E-state index in [1.807, 2.05) is 0 Å². The van der Waals surface area contributed by atoms with Gasteiger partial charge >= 0.3 is 0 Å². The van der Waals surface area contributed by atoms with Gasteiger partial charge in [0.05, 0.1) is 24.9 Å². The first kappa shape index (κ1) is 13.8. The zero-order chi connectivity index (χ0) is 13.2. The normalized spacial score (nSPS) is 38.1. The summed E-state index contributed by atoms with van der Waals surface area (Å²) in [6, 6.07) is 0. The topological polar surface area (TPSA) is 53.7 Å². The average molecular weight is 269 g/mol.